The summed E-state index contributed by atoms with van der Waals surface area (Å²) in [4.78, 5) is 6.11. The Morgan fingerprint density at radius 2 is 2.10 bits per heavy atom. The summed E-state index contributed by atoms with van der Waals surface area (Å²) in [5, 5.41) is 8.59. The molecular weight excluding hydrogens is 456 g/mol. The Hall–Kier alpha value is -2.13. The molecule has 5 rings (SSSR count). The van der Waals surface area contributed by atoms with Gasteiger partial charge in [-0.3, -0.25) is 4.90 Å². The third-order valence-electron chi connectivity index (χ3n) is 5.64. The van der Waals surface area contributed by atoms with Crippen molar-refractivity contribution in [3.63, 3.8) is 0 Å². The number of likely N-dealkylation sites (tertiary alicyclic amines) is 1. The summed E-state index contributed by atoms with van der Waals surface area (Å²) >= 11 is 3.59. The van der Waals surface area contributed by atoms with E-state index in [9.17, 15) is 8.78 Å². The van der Waals surface area contributed by atoms with E-state index in [0.717, 1.165) is 23.1 Å². The molecule has 3 heterocycles. The molecule has 0 spiro atoms. The number of hydrogen-bond acceptors (Lipinski definition) is 5. The Kier molecular flexibility index (Phi) is 5.18. The van der Waals surface area contributed by atoms with E-state index >= 15 is 0 Å². The molecule has 1 aromatic carbocycles. The van der Waals surface area contributed by atoms with Crippen molar-refractivity contribution >= 4 is 27.0 Å². The molecule has 1 saturated carbocycles. The van der Waals surface area contributed by atoms with Crippen LogP contribution in [0.5, 0.6) is 11.6 Å². The molecule has 0 bridgehead atoms. The molecule has 1 aliphatic heterocycles. The van der Waals surface area contributed by atoms with Gasteiger partial charge >= 0.3 is 0 Å². The number of benzene rings is 1. The van der Waals surface area contributed by atoms with E-state index in [4.69, 9.17) is 4.74 Å². The molecular formula is C21H22BrF2N5O. The Morgan fingerprint density at radius 3 is 2.90 bits per heavy atom. The summed E-state index contributed by atoms with van der Waals surface area (Å²) < 4.78 is 36.3. The fourth-order valence-corrected chi connectivity index (χ4v) is 4.40. The first kappa shape index (κ1) is 19.8. The molecule has 158 valence electrons. The van der Waals surface area contributed by atoms with Gasteiger partial charge in [0.2, 0.25) is 5.88 Å². The number of rotatable bonds is 6. The zero-order valence-electron chi connectivity index (χ0n) is 16.4. The number of halogens is 3. The van der Waals surface area contributed by atoms with E-state index in [0.29, 0.717) is 41.5 Å². The van der Waals surface area contributed by atoms with E-state index in [1.54, 1.807) is 17.2 Å². The van der Waals surface area contributed by atoms with Crippen LogP contribution >= 0.6 is 15.9 Å². The predicted molar refractivity (Wildman–Crippen MR) is 112 cm³/mol. The van der Waals surface area contributed by atoms with Crippen molar-refractivity contribution in [3.8, 4) is 11.6 Å². The SMILES string of the molecule is FC1(F)CCCN(Cc2cccnc2Oc2ccc3c(nnn3CC3CC3)c2Br)C1. The van der Waals surface area contributed by atoms with Gasteiger partial charge in [0.05, 0.1) is 16.5 Å². The monoisotopic (exact) mass is 477 g/mol. The highest BCUT2D eigenvalue weighted by atomic mass is 79.9. The van der Waals surface area contributed by atoms with E-state index < -0.39 is 5.92 Å². The highest BCUT2D eigenvalue weighted by Crippen LogP contribution is 2.37. The van der Waals surface area contributed by atoms with Gasteiger partial charge in [0, 0.05) is 31.3 Å². The number of aromatic nitrogens is 4. The van der Waals surface area contributed by atoms with Crippen LogP contribution in [0.15, 0.2) is 34.9 Å². The van der Waals surface area contributed by atoms with Gasteiger partial charge < -0.3 is 4.74 Å². The lowest BCUT2D eigenvalue weighted by molar-refractivity contribution is -0.0662. The normalized spacial score (nSPS) is 19.3. The lowest BCUT2D eigenvalue weighted by Gasteiger charge is -2.32. The Balaban J connectivity index is 1.38. The van der Waals surface area contributed by atoms with E-state index in [1.165, 1.54) is 12.8 Å². The van der Waals surface area contributed by atoms with Crippen LogP contribution in [0.4, 0.5) is 8.78 Å². The summed E-state index contributed by atoms with van der Waals surface area (Å²) in [5.74, 6) is -0.952. The Labute approximate surface area is 181 Å². The summed E-state index contributed by atoms with van der Waals surface area (Å²) in [7, 11) is 0. The zero-order valence-corrected chi connectivity index (χ0v) is 18.0. The largest absolute Gasteiger partial charge is 0.437 e. The molecule has 2 fully saturated rings. The molecule has 30 heavy (non-hydrogen) atoms. The average Bonchev–Trinajstić information content (AvgIpc) is 3.43. The summed E-state index contributed by atoms with van der Waals surface area (Å²) in [6, 6.07) is 7.48. The lowest BCUT2D eigenvalue weighted by Crippen LogP contribution is -2.42. The second-order valence-electron chi connectivity index (χ2n) is 8.20. The molecule has 0 unspecified atom stereocenters. The smallest absolute Gasteiger partial charge is 0.260 e. The molecule has 0 radical (unpaired) electrons. The van der Waals surface area contributed by atoms with Crippen LogP contribution in [0, 0.1) is 5.92 Å². The molecule has 9 heteroatoms. The van der Waals surface area contributed by atoms with Crippen LogP contribution in [-0.2, 0) is 13.1 Å². The zero-order chi connectivity index (χ0) is 20.7. The first-order chi connectivity index (χ1) is 14.5. The van der Waals surface area contributed by atoms with Crippen molar-refractivity contribution in [2.45, 2.75) is 44.7 Å². The van der Waals surface area contributed by atoms with Crippen molar-refractivity contribution in [1.82, 2.24) is 24.9 Å². The first-order valence-electron chi connectivity index (χ1n) is 10.2. The van der Waals surface area contributed by atoms with Crippen LogP contribution < -0.4 is 4.74 Å². The number of alkyl halides is 2. The number of fused-ring (bicyclic) bond motifs is 1. The maximum Gasteiger partial charge on any atom is 0.260 e. The van der Waals surface area contributed by atoms with E-state index in [-0.39, 0.29) is 13.0 Å². The van der Waals surface area contributed by atoms with Gasteiger partial charge in [0.15, 0.2) is 0 Å². The number of hydrogen-bond donors (Lipinski definition) is 0. The van der Waals surface area contributed by atoms with Crippen molar-refractivity contribution in [1.29, 1.82) is 0 Å². The molecule has 1 aliphatic carbocycles. The quantitative estimate of drug-likeness (QED) is 0.498. The molecule has 1 saturated heterocycles. The van der Waals surface area contributed by atoms with Gasteiger partial charge in [0.1, 0.15) is 11.3 Å². The predicted octanol–water partition coefficient (Wildman–Crippen LogP) is 5.02. The van der Waals surface area contributed by atoms with Gasteiger partial charge in [-0.1, -0.05) is 11.3 Å². The molecule has 2 aliphatic rings. The van der Waals surface area contributed by atoms with Gasteiger partial charge in [-0.25, -0.2) is 18.4 Å². The lowest BCUT2D eigenvalue weighted by atomic mass is 10.1. The second kappa shape index (κ2) is 7.85. The number of pyridine rings is 1. The second-order valence-corrected chi connectivity index (χ2v) is 8.99. The van der Waals surface area contributed by atoms with Crippen LogP contribution in [-0.4, -0.2) is 43.9 Å². The van der Waals surface area contributed by atoms with Crippen molar-refractivity contribution in [2.24, 2.45) is 5.92 Å². The van der Waals surface area contributed by atoms with Crippen LogP contribution in [0.3, 0.4) is 0 Å². The topological polar surface area (TPSA) is 56.1 Å². The Morgan fingerprint density at radius 1 is 1.23 bits per heavy atom. The van der Waals surface area contributed by atoms with Crippen molar-refractivity contribution < 1.29 is 13.5 Å². The molecule has 6 nitrogen and oxygen atoms in total. The Bertz CT molecular complexity index is 1070. The summed E-state index contributed by atoms with van der Waals surface area (Å²) in [5.41, 5.74) is 2.47. The summed E-state index contributed by atoms with van der Waals surface area (Å²) in [6.07, 6.45) is 4.57. The van der Waals surface area contributed by atoms with Crippen molar-refractivity contribution in [3.05, 3.63) is 40.5 Å². The highest BCUT2D eigenvalue weighted by molar-refractivity contribution is 9.10. The standard InChI is InChI=1S/C21H22BrF2N5O/c22-18-17(7-6-16-19(18)26-27-29(16)11-14-4-5-14)30-20-15(3-1-9-25-20)12-28-10-2-8-21(23,24)13-28/h1,3,6-7,9,14H,2,4-5,8,10-13H2. The first-order valence-corrected chi connectivity index (χ1v) is 11.0. The van der Waals surface area contributed by atoms with Crippen LogP contribution in [0.2, 0.25) is 0 Å². The van der Waals surface area contributed by atoms with E-state index in [1.807, 2.05) is 22.9 Å². The van der Waals surface area contributed by atoms with Gasteiger partial charge in [-0.15, -0.1) is 5.10 Å². The fraction of sp³-hybridized carbons (Fsp3) is 0.476. The van der Waals surface area contributed by atoms with Crippen LogP contribution in [0.1, 0.15) is 31.2 Å². The third kappa shape index (κ3) is 4.18. The maximum atomic E-state index is 13.8. The molecule has 0 atom stereocenters. The van der Waals surface area contributed by atoms with Gasteiger partial charge in [0.25, 0.3) is 5.92 Å². The average molecular weight is 478 g/mol. The minimum Gasteiger partial charge on any atom is -0.437 e. The van der Waals surface area contributed by atoms with E-state index in [2.05, 4.69) is 31.2 Å². The van der Waals surface area contributed by atoms with Crippen LogP contribution in [0.25, 0.3) is 11.0 Å². The van der Waals surface area contributed by atoms with Crippen molar-refractivity contribution in [2.75, 3.05) is 13.1 Å². The summed E-state index contributed by atoms with van der Waals surface area (Å²) in [6.45, 7) is 1.66. The number of nitrogens with zero attached hydrogens (tertiary/aromatic N) is 5. The van der Waals surface area contributed by atoms with Gasteiger partial charge in [-0.2, -0.15) is 0 Å². The maximum absolute atomic E-state index is 13.8. The number of ether oxygens (including phenoxy) is 1. The molecule has 0 amide bonds. The number of piperidine rings is 1. The third-order valence-corrected chi connectivity index (χ3v) is 6.41. The molecule has 0 N–H and O–H groups in total. The fourth-order valence-electron chi connectivity index (χ4n) is 3.91. The van der Waals surface area contributed by atoms with Gasteiger partial charge in [-0.05, 0) is 65.9 Å². The minimum absolute atomic E-state index is 0.0473. The molecule has 3 aromatic rings. The highest BCUT2D eigenvalue weighted by Gasteiger charge is 2.35. The molecule has 2 aromatic heterocycles. The minimum atomic E-state index is -2.64.